The monoisotopic (exact) mass is 569 g/mol. The molecule has 218 valence electrons. The topological polar surface area (TPSA) is 96.2 Å². The SMILES string of the molecule is COc1cccc(-c2cc(C(=O)Nc3cc4cc(OC)c(OC5C=CCC(C)(C)C5)c(C)c4oc3=O)ccc2OC)c1. The molecule has 0 aliphatic heterocycles. The van der Waals surface area contributed by atoms with Crippen molar-refractivity contribution in [1.82, 2.24) is 0 Å². The molecule has 1 unspecified atom stereocenters. The summed E-state index contributed by atoms with van der Waals surface area (Å²) in [6.45, 7) is 6.24. The lowest BCUT2D eigenvalue weighted by Gasteiger charge is -2.32. The van der Waals surface area contributed by atoms with E-state index < -0.39 is 11.5 Å². The number of ether oxygens (including phenoxy) is 4. The lowest BCUT2D eigenvalue weighted by atomic mass is 9.80. The maximum absolute atomic E-state index is 13.3. The highest BCUT2D eigenvalue weighted by Crippen LogP contribution is 2.41. The quantitative estimate of drug-likeness (QED) is 0.177. The second-order valence-corrected chi connectivity index (χ2v) is 11.2. The second-order valence-electron chi connectivity index (χ2n) is 11.2. The standard InChI is InChI=1S/C34H35NO7/c1-20-30-23(18-29(40-6)31(20)41-25-11-8-14-34(2,3)19-25)17-27(33(37)42-30)35-32(36)22-12-13-28(39-5)26(16-22)21-9-7-10-24(15-21)38-4/h7-13,15-18,25H,14,19H2,1-6H3,(H,35,36). The van der Waals surface area contributed by atoms with Crippen molar-refractivity contribution in [2.75, 3.05) is 26.6 Å². The number of allylic oxidation sites excluding steroid dienone is 1. The summed E-state index contributed by atoms with van der Waals surface area (Å²) in [4.78, 5) is 26.4. The number of carbonyl (C=O) groups is 1. The summed E-state index contributed by atoms with van der Waals surface area (Å²) in [6.07, 6.45) is 5.90. The van der Waals surface area contributed by atoms with Gasteiger partial charge >= 0.3 is 5.63 Å². The number of amides is 1. The molecule has 1 atom stereocenters. The number of anilines is 1. The normalized spacial score (nSPS) is 15.7. The van der Waals surface area contributed by atoms with Crippen molar-refractivity contribution in [3.63, 3.8) is 0 Å². The number of carbonyl (C=O) groups excluding carboxylic acids is 1. The molecule has 0 radical (unpaired) electrons. The average Bonchev–Trinajstić information content (AvgIpc) is 2.98. The van der Waals surface area contributed by atoms with Gasteiger partial charge in [-0.2, -0.15) is 0 Å². The molecular weight excluding hydrogens is 534 g/mol. The van der Waals surface area contributed by atoms with Gasteiger partial charge in [0.1, 0.15) is 28.9 Å². The lowest BCUT2D eigenvalue weighted by molar-refractivity contribution is 0.102. The number of nitrogens with one attached hydrogen (secondary N) is 1. The fraction of sp³-hybridized carbons (Fsp3) is 0.294. The van der Waals surface area contributed by atoms with E-state index in [9.17, 15) is 9.59 Å². The zero-order valence-corrected chi connectivity index (χ0v) is 24.7. The molecule has 0 bridgehead atoms. The molecule has 1 aromatic heterocycles. The predicted molar refractivity (Wildman–Crippen MR) is 163 cm³/mol. The van der Waals surface area contributed by atoms with Crippen molar-refractivity contribution in [2.45, 2.75) is 39.7 Å². The zero-order valence-electron chi connectivity index (χ0n) is 24.7. The minimum atomic E-state index is -0.671. The minimum absolute atomic E-state index is 0.0123. The fourth-order valence-electron chi connectivity index (χ4n) is 5.29. The summed E-state index contributed by atoms with van der Waals surface area (Å²) < 4.78 is 28.6. The van der Waals surface area contributed by atoms with Gasteiger partial charge in [-0.15, -0.1) is 0 Å². The summed E-state index contributed by atoms with van der Waals surface area (Å²) in [5, 5.41) is 3.31. The van der Waals surface area contributed by atoms with Crippen LogP contribution in [0.5, 0.6) is 23.0 Å². The highest BCUT2D eigenvalue weighted by Gasteiger charge is 2.28. The van der Waals surface area contributed by atoms with E-state index in [4.69, 9.17) is 23.4 Å². The Hall–Kier alpha value is -4.72. The van der Waals surface area contributed by atoms with Crippen molar-refractivity contribution < 1.29 is 28.2 Å². The average molecular weight is 570 g/mol. The summed E-state index contributed by atoms with van der Waals surface area (Å²) >= 11 is 0. The molecule has 0 spiro atoms. The Morgan fingerprint density at radius 2 is 1.76 bits per heavy atom. The number of hydrogen-bond acceptors (Lipinski definition) is 7. The smallest absolute Gasteiger partial charge is 0.360 e. The summed E-state index contributed by atoms with van der Waals surface area (Å²) in [5.41, 5.74) is 2.35. The predicted octanol–water partition coefficient (Wildman–Crippen LogP) is 7.17. The van der Waals surface area contributed by atoms with Gasteiger partial charge in [-0.05, 0) is 79.3 Å². The van der Waals surface area contributed by atoms with Crippen LogP contribution in [0, 0.1) is 12.3 Å². The Labute approximate surface area is 244 Å². The van der Waals surface area contributed by atoms with Gasteiger partial charge < -0.3 is 28.7 Å². The van der Waals surface area contributed by atoms with Crippen molar-refractivity contribution in [3.8, 4) is 34.1 Å². The van der Waals surface area contributed by atoms with E-state index in [1.54, 1.807) is 51.7 Å². The molecule has 3 aromatic carbocycles. The molecule has 1 aliphatic rings. The van der Waals surface area contributed by atoms with E-state index in [0.29, 0.717) is 50.7 Å². The lowest BCUT2D eigenvalue weighted by Crippen LogP contribution is -2.27. The van der Waals surface area contributed by atoms with E-state index in [0.717, 1.165) is 18.4 Å². The Balaban J connectivity index is 1.46. The fourth-order valence-corrected chi connectivity index (χ4v) is 5.29. The van der Waals surface area contributed by atoms with Crippen molar-refractivity contribution >= 4 is 22.6 Å². The van der Waals surface area contributed by atoms with Gasteiger partial charge in [0.2, 0.25) is 0 Å². The highest BCUT2D eigenvalue weighted by atomic mass is 16.5. The van der Waals surface area contributed by atoms with E-state index in [-0.39, 0.29) is 17.2 Å². The highest BCUT2D eigenvalue weighted by molar-refractivity contribution is 6.06. The third kappa shape index (κ3) is 5.84. The number of fused-ring (bicyclic) bond motifs is 1. The molecule has 1 amide bonds. The first-order chi connectivity index (χ1) is 20.1. The number of hydrogen-bond donors (Lipinski definition) is 1. The first-order valence-electron chi connectivity index (χ1n) is 13.7. The summed E-state index contributed by atoms with van der Waals surface area (Å²) in [7, 11) is 4.73. The van der Waals surface area contributed by atoms with Crippen LogP contribution in [0.15, 0.2) is 76.0 Å². The molecule has 5 rings (SSSR count). The first-order valence-corrected chi connectivity index (χ1v) is 13.7. The Morgan fingerprint density at radius 1 is 0.976 bits per heavy atom. The largest absolute Gasteiger partial charge is 0.497 e. The van der Waals surface area contributed by atoms with E-state index in [2.05, 4.69) is 31.3 Å². The molecule has 42 heavy (non-hydrogen) atoms. The van der Waals surface area contributed by atoms with Crippen LogP contribution in [0.4, 0.5) is 5.69 Å². The van der Waals surface area contributed by atoms with Crippen molar-refractivity contribution in [2.24, 2.45) is 5.41 Å². The van der Waals surface area contributed by atoms with Gasteiger partial charge in [-0.3, -0.25) is 4.79 Å². The molecule has 1 aliphatic carbocycles. The van der Waals surface area contributed by atoms with Crippen LogP contribution in [0.3, 0.4) is 0 Å². The van der Waals surface area contributed by atoms with E-state index >= 15 is 0 Å². The van der Waals surface area contributed by atoms with E-state index in [1.165, 1.54) is 0 Å². The van der Waals surface area contributed by atoms with Crippen LogP contribution in [0.25, 0.3) is 22.1 Å². The third-order valence-electron chi connectivity index (χ3n) is 7.52. The zero-order chi connectivity index (χ0) is 30.0. The van der Waals surface area contributed by atoms with Crippen molar-refractivity contribution in [3.05, 3.63) is 88.3 Å². The maximum Gasteiger partial charge on any atom is 0.360 e. The van der Waals surface area contributed by atoms with Crippen LogP contribution >= 0.6 is 0 Å². The molecular formula is C34H35NO7. The summed E-state index contributed by atoms with van der Waals surface area (Å²) in [5.74, 6) is 1.85. The summed E-state index contributed by atoms with van der Waals surface area (Å²) in [6, 6.07) is 15.9. The van der Waals surface area contributed by atoms with Gasteiger partial charge in [0.05, 0.1) is 21.3 Å². The maximum atomic E-state index is 13.3. The molecule has 8 nitrogen and oxygen atoms in total. The van der Waals surface area contributed by atoms with Gasteiger partial charge in [0, 0.05) is 22.1 Å². The Morgan fingerprint density at radius 3 is 2.48 bits per heavy atom. The van der Waals surface area contributed by atoms with Gasteiger partial charge in [-0.25, -0.2) is 4.79 Å². The van der Waals surface area contributed by atoms with Crippen LogP contribution in [-0.2, 0) is 0 Å². The number of rotatable bonds is 8. The molecule has 1 N–H and O–H groups in total. The van der Waals surface area contributed by atoms with Gasteiger partial charge in [0.25, 0.3) is 5.91 Å². The van der Waals surface area contributed by atoms with Crippen LogP contribution < -0.4 is 29.9 Å². The van der Waals surface area contributed by atoms with Gasteiger partial charge in [0.15, 0.2) is 11.5 Å². The van der Waals surface area contributed by atoms with E-state index in [1.807, 2.05) is 31.2 Å². The van der Waals surface area contributed by atoms with Crippen LogP contribution in [0.2, 0.25) is 0 Å². The van der Waals surface area contributed by atoms with Crippen LogP contribution in [-0.4, -0.2) is 33.3 Å². The molecule has 0 saturated heterocycles. The number of methoxy groups -OCH3 is 3. The second kappa shape index (κ2) is 11.6. The minimum Gasteiger partial charge on any atom is -0.497 e. The molecule has 1 heterocycles. The van der Waals surface area contributed by atoms with Gasteiger partial charge in [-0.1, -0.05) is 32.1 Å². The van der Waals surface area contributed by atoms with Crippen molar-refractivity contribution in [1.29, 1.82) is 0 Å². The molecule has 4 aromatic rings. The third-order valence-corrected chi connectivity index (χ3v) is 7.52. The Bertz CT molecular complexity index is 1730. The Kier molecular flexibility index (Phi) is 7.98. The van der Waals surface area contributed by atoms with Crippen LogP contribution in [0.1, 0.15) is 42.6 Å². The molecule has 0 saturated carbocycles. The molecule has 0 fully saturated rings. The molecule has 8 heteroatoms. The number of aryl methyl sites for hydroxylation is 1. The number of benzene rings is 3. The first kappa shape index (κ1) is 28.8.